The zero-order chi connectivity index (χ0) is 23.0. The molecule has 2 heterocycles. The SMILES string of the molecule is COc1ccc(-c2c(C#N)c(N)nc3sc(C(N)=O)c(N)c23)cc1Cc1cccc(F)c1. The Labute approximate surface area is 186 Å². The zero-order valence-corrected chi connectivity index (χ0v) is 17.8. The van der Waals surface area contributed by atoms with E-state index in [0.29, 0.717) is 33.5 Å². The normalized spacial score (nSPS) is 10.8. The lowest BCUT2D eigenvalue weighted by atomic mass is 9.93. The molecule has 0 atom stereocenters. The van der Waals surface area contributed by atoms with Gasteiger partial charge in [-0.1, -0.05) is 18.2 Å². The number of anilines is 2. The van der Waals surface area contributed by atoms with E-state index in [2.05, 4.69) is 11.1 Å². The van der Waals surface area contributed by atoms with Crippen LogP contribution in [0, 0.1) is 17.1 Å². The van der Waals surface area contributed by atoms with Crippen LogP contribution >= 0.6 is 11.3 Å². The second kappa shape index (κ2) is 8.17. The number of nitrogens with zero attached hydrogens (tertiary/aromatic N) is 2. The first-order valence-electron chi connectivity index (χ1n) is 9.47. The molecule has 1 amide bonds. The maximum Gasteiger partial charge on any atom is 0.260 e. The Kier molecular flexibility index (Phi) is 5.38. The Morgan fingerprint density at radius 3 is 2.69 bits per heavy atom. The topological polar surface area (TPSA) is 141 Å². The Hall–Kier alpha value is -4.16. The fourth-order valence-electron chi connectivity index (χ4n) is 3.69. The van der Waals surface area contributed by atoms with Gasteiger partial charge in [-0.25, -0.2) is 9.37 Å². The van der Waals surface area contributed by atoms with Gasteiger partial charge in [-0.15, -0.1) is 11.3 Å². The van der Waals surface area contributed by atoms with Crippen molar-refractivity contribution in [2.45, 2.75) is 6.42 Å². The summed E-state index contributed by atoms with van der Waals surface area (Å²) in [5.41, 5.74) is 20.7. The van der Waals surface area contributed by atoms with Gasteiger partial charge < -0.3 is 21.9 Å². The lowest BCUT2D eigenvalue weighted by molar-refractivity contribution is 0.100. The minimum atomic E-state index is -0.685. The highest BCUT2D eigenvalue weighted by atomic mass is 32.1. The fraction of sp³-hybridized carbons (Fsp3) is 0.0870. The maximum absolute atomic E-state index is 13.7. The minimum absolute atomic E-state index is 0.0229. The van der Waals surface area contributed by atoms with Crippen LogP contribution in [0.5, 0.6) is 5.75 Å². The van der Waals surface area contributed by atoms with Crippen molar-refractivity contribution in [1.82, 2.24) is 4.98 Å². The van der Waals surface area contributed by atoms with Gasteiger partial charge in [0.05, 0.1) is 12.8 Å². The zero-order valence-electron chi connectivity index (χ0n) is 17.0. The van der Waals surface area contributed by atoms with Gasteiger partial charge >= 0.3 is 0 Å². The molecule has 4 rings (SSSR count). The largest absolute Gasteiger partial charge is 0.496 e. The third kappa shape index (κ3) is 3.57. The number of benzene rings is 2. The summed E-state index contributed by atoms with van der Waals surface area (Å²) in [5, 5.41) is 10.2. The molecule has 0 saturated heterocycles. The molecule has 0 saturated carbocycles. The van der Waals surface area contributed by atoms with Crippen LogP contribution in [-0.4, -0.2) is 18.0 Å². The molecule has 2 aromatic heterocycles. The lowest BCUT2D eigenvalue weighted by Crippen LogP contribution is -2.10. The van der Waals surface area contributed by atoms with E-state index in [1.807, 2.05) is 12.1 Å². The summed E-state index contributed by atoms with van der Waals surface area (Å²) in [5.74, 6) is -0.395. The quantitative estimate of drug-likeness (QED) is 0.424. The van der Waals surface area contributed by atoms with Crippen molar-refractivity contribution < 1.29 is 13.9 Å². The van der Waals surface area contributed by atoms with E-state index in [-0.39, 0.29) is 27.8 Å². The van der Waals surface area contributed by atoms with Crippen molar-refractivity contribution in [3.05, 3.63) is 69.8 Å². The number of fused-ring (bicyclic) bond motifs is 1. The van der Waals surface area contributed by atoms with Crippen LogP contribution in [0.4, 0.5) is 15.9 Å². The molecular weight excluding hydrogens is 429 g/mol. The van der Waals surface area contributed by atoms with E-state index >= 15 is 0 Å². The van der Waals surface area contributed by atoms with Crippen LogP contribution in [0.1, 0.15) is 26.4 Å². The van der Waals surface area contributed by atoms with Crippen LogP contribution in [-0.2, 0) is 6.42 Å². The van der Waals surface area contributed by atoms with Gasteiger partial charge in [0.1, 0.15) is 38.7 Å². The molecule has 160 valence electrons. The van der Waals surface area contributed by atoms with Crippen LogP contribution in [0.3, 0.4) is 0 Å². The highest BCUT2D eigenvalue weighted by molar-refractivity contribution is 7.21. The second-order valence-corrected chi connectivity index (χ2v) is 8.08. The molecule has 0 bridgehead atoms. The predicted molar refractivity (Wildman–Crippen MR) is 123 cm³/mol. The van der Waals surface area contributed by atoms with Crippen LogP contribution < -0.4 is 21.9 Å². The molecule has 9 heteroatoms. The van der Waals surface area contributed by atoms with Gasteiger partial charge in [0.2, 0.25) is 0 Å². The minimum Gasteiger partial charge on any atom is -0.496 e. The standard InChI is InChI=1S/C23H18FN5O2S/c1-31-16-6-5-12(9-13(16)7-11-3-2-4-14(24)8-11)17-15(10-25)21(27)29-23-18(17)19(26)20(32-23)22(28)30/h2-6,8-9H,7,26H2,1H3,(H2,27,29)(H2,28,30). The summed E-state index contributed by atoms with van der Waals surface area (Å²) in [4.78, 5) is 16.6. The summed E-state index contributed by atoms with van der Waals surface area (Å²) in [6.07, 6.45) is 0.395. The molecule has 0 fully saturated rings. The number of nitrogens with two attached hydrogens (primary N) is 3. The monoisotopic (exact) mass is 447 g/mol. The third-order valence-corrected chi connectivity index (χ3v) is 6.21. The van der Waals surface area contributed by atoms with E-state index in [1.54, 1.807) is 25.3 Å². The Balaban J connectivity index is 1.98. The molecule has 0 radical (unpaired) electrons. The number of nitriles is 1. The number of methoxy groups -OCH3 is 1. The van der Waals surface area contributed by atoms with Gasteiger partial charge in [-0.2, -0.15) is 5.26 Å². The molecule has 32 heavy (non-hydrogen) atoms. The van der Waals surface area contributed by atoms with Crippen molar-refractivity contribution in [2.75, 3.05) is 18.6 Å². The average Bonchev–Trinajstić information content (AvgIpc) is 3.09. The molecule has 7 nitrogen and oxygen atoms in total. The number of rotatable bonds is 5. The van der Waals surface area contributed by atoms with E-state index < -0.39 is 5.91 Å². The van der Waals surface area contributed by atoms with E-state index in [0.717, 1.165) is 22.5 Å². The molecule has 2 aromatic carbocycles. The molecular formula is C23H18FN5O2S. The first-order chi connectivity index (χ1) is 15.3. The number of hydrogen-bond acceptors (Lipinski definition) is 7. The smallest absolute Gasteiger partial charge is 0.260 e. The summed E-state index contributed by atoms with van der Waals surface area (Å²) in [7, 11) is 1.55. The second-order valence-electron chi connectivity index (χ2n) is 7.08. The van der Waals surface area contributed by atoms with Crippen molar-refractivity contribution in [1.29, 1.82) is 5.26 Å². The highest BCUT2D eigenvalue weighted by Crippen LogP contribution is 2.43. The van der Waals surface area contributed by atoms with Crippen molar-refractivity contribution in [3.63, 3.8) is 0 Å². The number of carbonyl (C=O) groups is 1. The van der Waals surface area contributed by atoms with Gasteiger partial charge in [0.15, 0.2) is 0 Å². The molecule has 0 aliphatic carbocycles. The number of amides is 1. The molecule has 0 aliphatic rings. The van der Waals surface area contributed by atoms with Crippen molar-refractivity contribution in [2.24, 2.45) is 5.73 Å². The van der Waals surface area contributed by atoms with Crippen LogP contribution in [0.2, 0.25) is 0 Å². The van der Waals surface area contributed by atoms with Crippen LogP contribution in [0.25, 0.3) is 21.3 Å². The number of nitrogen functional groups attached to an aromatic ring is 2. The Morgan fingerprint density at radius 1 is 1.25 bits per heavy atom. The number of primary amides is 1. The molecule has 6 N–H and O–H groups in total. The Bertz CT molecular complexity index is 1420. The molecule has 4 aromatic rings. The van der Waals surface area contributed by atoms with E-state index in [1.165, 1.54) is 12.1 Å². The van der Waals surface area contributed by atoms with Gasteiger partial charge in [0, 0.05) is 17.4 Å². The van der Waals surface area contributed by atoms with Gasteiger partial charge in [-0.05, 0) is 41.0 Å². The highest BCUT2D eigenvalue weighted by Gasteiger charge is 2.24. The number of aromatic nitrogens is 1. The van der Waals surface area contributed by atoms with Crippen LogP contribution in [0.15, 0.2) is 42.5 Å². The van der Waals surface area contributed by atoms with E-state index in [4.69, 9.17) is 21.9 Å². The Morgan fingerprint density at radius 2 is 2.03 bits per heavy atom. The number of pyridine rings is 1. The summed E-state index contributed by atoms with van der Waals surface area (Å²) < 4.78 is 19.2. The number of carbonyl (C=O) groups excluding carboxylic acids is 1. The number of halogens is 1. The van der Waals surface area contributed by atoms with Gasteiger partial charge in [-0.3, -0.25) is 4.79 Å². The summed E-state index contributed by atoms with van der Waals surface area (Å²) >= 11 is 1.02. The summed E-state index contributed by atoms with van der Waals surface area (Å²) in [6, 6.07) is 13.7. The molecule has 0 unspecified atom stereocenters. The first-order valence-corrected chi connectivity index (χ1v) is 10.3. The fourth-order valence-corrected chi connectivity index (χ4v) is 4.66. The van der Waals surface area contributed by atoms with Crippen molar-refractivity contribution in [3.8, 4) is 22.9 Å². The number of ether oxygens (including phenoxy) is 1. The average molecular weight is 447 g/mol. The predicted octanol–water partition coefficient (Wildman–Crippen LogP) is 3.84. The maximum atomic E-state index is 13.7. The molecule has 0 spiro atoms. The number of thiophene rings is 1. The lowest BCUT2D eigenvalue weighted by Gasteiger charge is -2.14. The van der Waals surface area contributed by atoms with Gasteiger partial charge in [0.25, 0.3) is 5.91 Å². The third-order valence-electron chi connectivity index (χ3n) is 5.09. The van der Waals surface area contributed by atoms with Crippen molar-refractivity contribution >= 4 is 39.0 Å². The number of hydrogen-bond donors (Lipinski definition) is 3. The first kappa shape index (κ1) is 21.1. The van der Waals surface area contributed by atoms with E-state index in [9.17, 15) is 14.4 Å². The summed E-state index contributed by atoms with van der Waals surface area (Å²) in [6.45, 7) is 0. The molecule has 0 aliphatic heterocycles.